The topological polar surface area (TPSA) is 24.7 Å². The maximum absolute atomic E-state index is 4.32. The van der Waals surface area contributed by atoms with Gasteiger partial charge in [0.05, 0.1) is 6.04 Å². The van der Waals surface area contributed by atoms with Gasteiger partial charge in [0.25, 0.3) is 0 Å². The van der Waals surface area contributed by atoms with E-state index in [1.807, 2.05) is 6.92 Å². The van der Waals surface area contributed by atoms with Crippen LogP contribution in [0.1, 0.15) is 20.8 Å². The van der Waals surface area contributed by atoms with Gasteiger partial charge >= 0.3 is 0 Å². The molecule has 0 aromatic carbocycles. The van der Waals surface area contributed by atoms with Crippen molar-refractivity contribution in [3.63, 3.8) is 0 Å². The summed E-state index contributed by atoms with van der Waals surface area (Å²) in [6.45, 7) is 6.33. The molecule has 2 nitrogen and oxygen atoms in total. The fourth-order valence-corrected chi connectivity index (χ4v) is 0.987. The Kier molecular flexibility index (Phi) is 2.58. The molecule has 0 amide bonds. The number of aliphatic imine (C=N–C) groups is 2. The minimum absolute atomic E-state index is 0.303. The summed E-state index contributed by atoms with van der Waals surface area (Å²) in [7, 11) is 0. The molecule has 2 heteroatoms. The van der Waals surface area contributed by atoms with Crippen molar-refractivity contribution in [3.8, 4) is 0 Å². The average Bonchev–Trinajstić information content (AvgIpc) is 2.13. The van der Waals surface area contributed by atoms with Crippen LogP contribution < -0.4 is 0 Å². The monoisotopic (exact) mass is 150 g/mol. The van der Waals surface area contributed by atoms with Crippen LogP contribution in [-0.2, 0) is 0 Å². The number of nitrogens with zero attached hydrogens (tertiary/aromatic N) is 2. The summed E-state index contributed by atoms with van der Waals surface area (Å²) in [6, 6.07) is 0.303. The SMILES string of the molecule is CC1=CC(C(C)C)N=CC=N1. The molecule has 0 radical (unpaired) electrons. The highest BCUT2D eigenvalue weighted by molar-refractivity contribution is 6.16. The van der Waals surface area contributed by atoms with E-state index in [2.05, 4.69) is 29.9 Å². The normalized spacial score (nSPS) is 23.6. The van der Waals surface area contributed by atoms with E-state index in [9.17, 15) is 0 Å². The van der Waals surface area contributed by atoms with Crippen LogP contribution >= 0.6 is 0 Å². The molecule has 1 rings (SSSR count). The van der Waals surface area contributed by atoms with E-state index in [1.54, 1.807) is 12.4 Å². The van der Waals surface area contributed by atoms with E-state index in [4.69, 9.17) is 0 Å². The van der Waals surface area contributed by atoms with Gasteiger partial charge in [-0.25, -0.2) is 0 Å². The molecular formula is C9H14N2. The second-order valence-electron chi connectivity index (χ2n) is 3.12. The first-order chi connectivity index (χ1) is 5.20. The van der Waals surface area contributed by atoms with E-state index < -0.39 is 0 Å². The molecule has 1 unspecified atom stereocenters. The Bertz CT molecular complexity index is 212. The van der Waals surface area contributed by atoms with Gasteiger partial charge in [-0.05, 0) is 18.9 Å². The predicted octanol–water partition coefficient (Wildman–Crippen LogP) is 2.07. The largest absolute Gasteiger partial charge is 0.284 e. The first kappa shape index (κ1) is 8.18. The summed E-state index contributed by atoms with van der Waals surface area (Å²) in [4.78, 5) is 8.47. The summed E-state index contributed by atoms with van der Waals surface area (Å²) >= 11 is 0. The molecular weight excluding hydrogens is 136 g/mol. The molecule has 0 bridgehead atoms. The standard InChI is InChI=1S/C9H14N2/c1-7(2)9-6-8(3)10-4-5-11-9/h4-7,9H,1-3H3. The Hall–Kier alpha value is -0.920. The van der Waals surface area contributed by atoms with Crippen LogP contribution in [0.15, 0.2) is 21.8 Å². The third-order valence-electron chi connectivity index (χ3n) is 1.70. The maximum Gasteiger partial charge on any atom is 0.0723 e. The molecule has 0 N–H and O–H groups in total. The van der Waals surface area contributed by atoms with Crippen LogP contribution in [0, 0.1) is 5.92 Å². The molecule has 1 heterocycles. The maximum atomic E-state index is 4.32. The van der Waals surface area contributed by atoms with Crippen LogP contribution in [0.5, 0.6) is 0 Å². The van der Waals surface area contributed by atoms with Crippen molar-refractivity contribution in [1.29, 1.82) is 0 Å². The van der Waals surface area contributed by atoms with E-state index in [0.29, 0.717) is 12.0 Å². The summed E-state index contributed by atoms with van der Waals surface area (Å²) < 4.78 is 0. The quantitative estimate of drug-likeness (QED) is 0.546. The van der Waals surface area contributed by atoms with Crippen LogP contribution in [0.2, 0.25) is 0 Å². The number of hydrogen-bond acceptors (Lipinski definition) is 2. The predicted molar refractivity (Wildman–Crippen MR) is 49.4 cm³/mol. The Morgan fingerprint density at radius 1 is 1.36 bits per heavy atom. The molecule has 60 valence electrons. The highest BCUT2D eigenvalue weighted by atomic mass is 14.8. The zero-order valence-electron chi connectivity index (χ0n) is 7.28. The van der Waals surface area contributed by atoms with Gasteiger partial charge in [-0.3, -0.25) is 9.98 Å². The highest BCUT2D eigenvalue weighted by Gasteiger charge is 2.08. The molecule has 0 aromatic rings. The average molecular weight is 150 g/mol. The molecule has 0 spiro atoms. The van der Waals surface area contributed by atoms with Crippen molar-refractivity contribution in [3.05, 3.63) is 11.8 Å². The lowest BCUT2D eigenvalue weighted by molar-refractivity contribution is 0.573. The van der Waals surface area contributed by atoms with Gasteiger partial charge in [0.1, 0.15) is 0 Å². The van der Waals surface area contributed by atoms with Gasteiger partial charge in [0.15, 0.2) is 0 Å². The fourth-order valence-electron chi connectivity index (χ4n) is 0.987. The molecule has 0 aromatic heterocycles. The fraction of sp³-hybridized carbons (Fsp3) is 0.556. The summed E-state index contributed by atoms with van der Waals surface area (Å²) in [6.07, 6.45) is 5.62. The van der Waals surface area contributed by atoms with Crippen molar-refractivity contribution in [2.75, 3.05) is 0 Å². The highest BCUT2D eigenvalue weighted by Crippen LogP contribution is 2.11. The lowest BCUT2D eigenvalue weighted by Gasteiger charge is -2.10. The van der Waals surface area contributed by atoms with Crippen LogP contribution in [0.4, 0.5) is 0 Å². The first-order valence-corrected chi connectivity index (χ1v) is 3.94. The van der Waals surface area contributed by atoms with Crippen molar-refractivity contribution >= 4 is 12.4 Å². The molecule has 0 aliphatic carbocycles. The van der Waals surface area contributed by atoms with E-state index in [-0.39, 0.29) is 0 Å². The lowest BCUT2D eigenvalue weighted by Crippen LogP contribution is -2.09. The summed E-state index contributed by atoms with van der Waals surface area (Å²) in [5, 5.41) is 0. The molecule has 11 heavy (non-hydrogen) atoms. The summed E-state index contributed by atoms with van der Waals surface area (Å²) in [5.74, 6) is 0.558. The zero-order valence-corrected chi connectivity index (χ0v) is 7.28. The van der Waals surface area contributed by atoms with Crippen molar-refractivity contribution in [1.82, 2.24) is 0 Å². The molecule has 0 saturated heterocycles. The van der Waals surface area contributed by atoms with Gasteiger partial charge in [0, 0.05) is 18.1 Å². The minimum Gasteiger partial charge on any atom is -0.284 e. The second kappa shape index (κ2) is 3.46. The van der Waals surface area contributed by atoms with Crippen LogP contribution in [0.3, 0.4) is 0 Å². The van der Waals surface area contributed by atoms with E-state index in [0.717, 1.165) is 5.70 Å². The number of rotatable bonds is 1. The summed E-state index contributed by atoms with van der Waals surface area (Å²) in [5.41, 5.74) is 1.06. The Balaban J connectivity index is 2.76. The molecule has 0 fully saturated rings. The molecule has 1 atom stereocenters. The molecule has 1 aliphatic rings. The number of hydrogen-bond donors (Lipinski definition) is 0. The van der Waals surface area contributed by atoms with Gasteiger partial charge < -0.3 is 0 Å². The van der Waals surface area contributed by atoms with Gasteiger partial charge in [-0.2, -0.15) is 0 Å². The third-order valence-corrected chi connectivity index (χ3v) is 1.70. The zero-order chi connectivity index (χ0) is 8.27. The van der Waals surface area contributed by atoms with Crippen molar-refractivity contribution in [2.24, 2.45) is 15.9 Å². The van der Waals surface area contributed by atoms with Crippen LogP contribution in [0.25, 0.3) is 0 Å². The second-order valence-corrected chi connectivity index (χ2v) is 3.12. The van der Waals surface area contributed by atoms with Crippen molar-refractivity contribution < 1.29 is 0 Å². The third kappa shape index (κ3) is 2.30. The molecule has 1 aliphatic heterocycles. The smallest absolute Gasteiger partial charge is 0.0723 e. The Morgan fingerprint density at radius 2 is 2.09 bits per heavy atom. The van der Waals surface area contributed by atoms with E-state index in [1.165, 1.54) is 0 Å². The Labute approximate surface area is 67.8 Å². The van der Waals surface area contributed by atoms with E-state index >= 15 is 0 Å². The van der Waals surface area contributed by atoms with Crippen LogP contribution in [-0.4, -0.2) is 18.5 Å². The minimum atomic E-state index is 0.303. The van der Waals surface area contributed by atoms with Gasteiger partial charge in [0.2, 0.25) is 0 Å². The number of allylic oxidation sites excluding steroid dienone is 1. The lowest BCUT2D eigenvalue weighted by atomic mass is 10.0. The molecule has 0 saturated carbocycles. The van der Waals surface area contributed by atoms with Gasteiger partial charge in [-0.1, -0.05) is 13.8 Å². The Morgan fingerprint density at radius 3 is 2.73 bits per heavy atom. The van der Waals surface area contributed by atoms with Gasteiger partial charge in [-0.15, -0.1) is 0 Å². The first-order valence-electron chi connectivity index (χ1n) is 3.94. The van der Waals surface area contributed by atoms with Crippen molar-refractivity contribution in [2.45, 2.75) is 26.8 Å².